The van der Waals surface area contributed by atoms with Crippen molar-refractivity contribution in [3.8, 4) is 5.75 Å². The fourth-order valence-electron chi connectivity index (χ4n) is 0.973. The third-order valence-electron chi connectivity index (χ3n) is 2.06. The second kappa shape index (κ2) is 13.0. The van der Waals surface area contributed by atoms with Gasteiger partial charge >= 0.3 is 17.9 Å². The molecule has 0 aliphatic rings. The lowest BCUT2D eigenvalue weighted by Gasteiger charge is -2.05. The summed E-state index contributed by atoms with van der Waals surface area (Å²) >= 11 is 0. The fraction of sp³-hybridized carbons (Fsp3) is 0.308. The van der Waals surface area contributed by atoms with Gasteiger partial charge in [-0.25, -0.2) is 0 Å². The number of carboxylic acid groups (broad SMARTS) is 3. The minimum absolute atomic E-state index is 0.160. The Hall–Kier alpha value is -2.69. The third kappa shape index (κ3) is 15.5. The number of phenols is 1. The van der Waals surface area contributed by atoms with E-state index in [1.807, 2.05) is 0 Å². The zero-order valence-corrected chi connectivity index (χ0v) is 12.3. The van der Waals surface area contributed by atoms with Gasteiger partial charge in [-0.05, 0) is 24.1 Å². The molecule has 10 N–H and O–H groups in total. The highest BCUT2D eigenvalue weighted by atomic mass is 16.4. The number of nitrogens with two attached hydrogens (primary N) is 3. The molecule has 0 unspecified atom stereocenters. The highest BCUT2D eigenvalue weighted by Gasteiger charge is 2.11. The van der Waals surface area contributed by atoms with Crippen LogP contribution in [0.25, 0.3) is 0 Å². The Balaban J connectivity index is 0. The number of carbonyl (C=O) groups is 3. The van der Waals surface area contributed by atoms with E-state index in [0.717, 1.165) is 5.56 Å². The number of aliphatic carboxylic acids is 3. The zero-order chi connectivity index (χ0) is 18.4. The summed E-state index contributed by atoms with van der Waals surface area (Å²) in [5, 5.41) is 32.7. The Morgan fingerprint density at radius 3 is 1.52 bits per heavy atom. The number of hydrogen-bond acceptors (Lipinski definition) is 7. The van der Waals surface area contributed by atoms with E-state index in [4.69, 9.17) is 26.2 Å². The van der Waals surface area contributed by atoms with Crippen LogP contribution in [0.15, 0.2) is 24.3 Å². The number of carboxylic acids is 3. The molecule has 0 amide bonds. The molecular weight excluding hydrogens is 310 g/mol. The number of rotatable bonds is 5. The lowest BCUT2D eigenvalue weighted by atomic mass is 10.1. The van der Waals surface area contributed by atoms with Gasteiger partial charge in [0, 0.05) is 0 Å². The zero-order valence-electron chi connectivity index (χ0n) is 12.3. The molecule has 0 aliphatic carbocycles. The van der Waals surface area contributed by atoms with Crippen molar-refractivity contribution in [2.24, 2.45) is 17.2 Å². The molecule has 0 aromatic heterocycles. The lowest BCUT2D eigenvalue weighted by molar-refractivity contribution is -0.138. The largest absolute Gasteiger partial charge is 0.508 e. The van der Waals surface area contributed by atoms with Crippen LogP contribution in [0.5, 0.6) is 5.75 Å². The summed E-state index contributed by atoms with van der Waals surface area (Å²) in [6, 6.07) is 5.42. The van der Waals surface area contributed by atoms with E-state index in [2.05, 4.69) is 11.5 Å². The molecule has 0 spiro atoms. The molecule has 0 saturated heterocycles. The van der Waals surface area contributed by atoms with Crippen molar-refractivity contribution in [2.75, 3.05) is 13.1 Å². The molecule has 1 aromatic rings. The Kier molecular flexibility index (Phi) is 12.8. The van der Waals surface area contributed by atoms with Crippen molar-refractivity contribution in [1.82, 2.24) is 0 Å². The van der Waals surface area contributed by atoms with Crippen LogP contribution in [0.3, 0.4) is 0 Å². The van der Waals surface area contributed by atoms with E-state index < -0.39 is 23.9 Å². The summed E-state index contributed by atoms with van der Waals surface area (Å²) < 4.78 is 0. The van der Waals surface area contributed by atoms with E-state index in [0.29, 0.717) is 0 Å². The van der Waals surface area contributed by atoms with Crippen molar-refractivity contribution < 1.29 is 34.8 Å². The van der Waals surface area contributed by atoms with Gasteiger partial charge in [-0.3, -0.25) is 14.4 Å². The Morgan fingerprint density at radius 1 is 0.913 bits per heavy atom. The van der Waals surface area contributed by atoms with E-state index in [-0.39, 0.29) is 25.3 Å². The van der Waals surface area contributed by atoms with E-state index >= 15 is 0 Å². The molecule has 1 aromatic carbocycles. The maximum atomic E-state index is 10.4. The second-order valence-corrected chi connectivity index (χ2v) is 4.01. The van der Waals surface area contributed by atoms with Gasteiger partial charge in [-0.2, -0.15) is 0 Å². The number of phenolic OH excluding ortho intramolecular Hbond substituents is 1. The minimum Gasteiger partial charge on any atom is -0.508 e. The first kappa shape index (κ1) is 22.6. The molecule has 0 aliphatic heterocycles. The van der Waals surface area contributed by atoms with Crippen molar-refractivity contribution >= 4 is 17.9 Å². The average Bonchev–Trinajstić information content (AvgIpc) is 2.50. The van der Waals surface area contributed by atoms with Crippen LogP contribution < -0.4 is 17.2 Å². The van der Waals surface area contributed by atoms with Crippen LogP contribution in [0.1, 0.15) is 5.56 Å². The SMILES string of the molecule is NCC(=O)O.NCC(=O)O.N[C@@H](Cc1ccc(O)cc1)C(=O)O. The molecule has 1 atom stereocenters. The fourth-order valence-corrected chi connectivity index (χ4v) is 0.973. The van der Waals surface area contributed by atoms with Crippen LogP contribution in [-0.2, 0) is 20.8 Å². The summed E-state index contributed by atoms with van der Waals surface area (Å²) in [6.07, 6.45) is 0.273. The molecular formula is C13H21N3O7. The van der Waals surface area contributed by atoms with Gasteiger partial charge in [0.1, 0.15) is 11.8 Å². The van der Waals surface area contributed by atoms with E-state index in [9.17, 15) is 14.4 Å². The molecule has 130 valence electrons. The van der Waals surface area contributed by atoms with E-state index in [1.54, 1.807) is 12.1 Å². The van der Waals surface area contributed by atoms with Crippen LogP contribution in [-0.4, -0.2) is 57.5 Å². The standard InChI is InChI=1S/C9H11NO3.2C2H5NO2/c10-8(9(12)13)5-6-1-3-7(11)4-2-6;2*3-1-2(4)5/h1-4,8,11H,5,10H2,(H,12,13);2*1,3H2,(H,4,5)/t8-;;/m0../s1. The maximum Gasteiger partial charge on any atom is 0.320 e. The predicted molar refractivity (Wildman–Crippen MR) is 80.8 cm³/mol. The smallest absolute Gasteiger partial charge is 0.320 e. The topological polar surface area (TPSA) is 210 Å². The number of benzene rings is 1. The summed E-state index contributed by atoms with van der Waals surface area (Å²) in [5.41, 5.74) is 15.3. The summed E-state index contributed by atoms with van der Waals surface area (Å²) in [5.74, 6) is -2.80. The van der Waals surface area contributed by atoms with Crippen LogP contribution in [0.2, 0.25) is 0 Å². The molecule has 0 radical (unpaired) electrons. The van der Waals surface area contributed by atoms with Crippen LogP contribution >= 0.6 is 0 Å². The van der Waals surface area contributed by atoms with Crippen LogP contribution in [0.4, 0.5) is 0 Å². The first-order valence-corrected chi connectivity index (χ1v) is 6.24. The molecule has 10 nitrogen and oxygen atoms in total. The molecule has 1 rings (SSSR count). The molecule has 10 heteroatoms. The molecule has 23 heavy (non-hydrogen) atoms. The number of hydrogen-bond donors (Lipinski definition) is 7. The summed E-state index contributed by atoms with van der Waals surface area (Å²) in [7, 11) is 0. The Morgan fingerprint density at radius 2 is 1.26 bits per heavy atom. The molecule has 0 fully saturated rings. The third-order valence-corrected chi connectivity index (χ3v) is 2.06. The van der Waals surface area contributed by atoms with Gasteiger partial charge in [0.25, 0.3) is 0 Å². The van der Waals surface area contributed by atoms with Gasteiger partial charge in [-0.15, -0.1) is 0 Å². The van der Waals surface area contributed by atoms with Gasteiger partial charge in [0.05, 0.1) is 13.1 Å². The average molecular weight is 331 g/mol. The summed E-state index contributed by atoms with van der Waals surface area (Å²) in [4.78, 5) is 28.9. The number of aromatic hydroxyl groups is 1. The molecule has 0 saturated carbocycles. The Bertz CT molecular complexity index is 477. The monoisotopic (exact) mass is 331 g/mol. The Labute approximate surface area is 132 Å². The quantitative estimate of drug-likeness (QED) is 0.328. The highest BCUT2D eigenvalue weighted by molar-refractivity contribution is 5.73. The highest BCUT2D eigenvalue weighted by Crippen LogP contribution is 2.10. The van der Waals surface area contributed by atoms with Gasteiger partial charge < -0.3 is 37.6 Å². The predicted octanol–water partition coefficient (Wildman–Crippen LogP) is -1.59. The van der Waals surface area contributed by atoms with Crippen molar-refractivity contribution in [3.63, 3.8) is 0 Å². The van der Waals surface area contributed by atoms with Crippen molar-refractivity contribution in [1.29, 1.82) is 0 Å². The first-order chi connectivity index (χ1) is 10.6. The maximum absolute atomic E-state index is 10.4. The van der Waals surface area contributed by atoms with Gasteiger partial charge in [0.2, 0.25) is 0 Å². The minimum atomic E-state index is -1.02. The molecule has 0 heterocycles. The van der Waals surface area contributed by atoms with Crippen LogP contribution in [0, 0.1) is 0 Å². The molecule has 0 bridgehead atoms. The van der Waals surface area contributed by atoms with Crippen molar-refractivity contribution in [2.45, 2.75) is 12.5 Å². The van der Waals surface area contributed by atoms with Gasteiger partial charge in [-0.1, -0.05) is 12.1 Å². The lowest BCUT2D eigenvalue weighted by Crippen LogP contribution is -2.32. The van der Waals surface area contributed by atoms with Gasteiger partial charge in [0.15, 0.2) is 0 Å². The first-order valence-electron chi connectivity index (χ1n) is 6.24. The normalized spacial score (nSPS) is 10.2. The summed E-state index contributed by atoms with van der Waals surface area (Å²) in [6.45, 7) is -0.556. The van der Waals surface area contributed by atoms with E-state index in [1.165, 1.54) is 12.1 Å². The second-order valence-electron chi connectivity index (χ2n) is 4.01. The van der Waals surface area contributed by atoms with Crippen molar-refractivity contribution in [3.05, 3.63) is 29.8 Å².